The molecule has 6 nitrogen and oxygen atoms in total. The van der Waals surface area contributed by atoms with E-state index >= 15 is 0 Å². The molecule has 0 fully saturated rings. The van der Waals surface area contributed by atoms with E-state index in [0.29, 0.717) is 6.54 Å². The number of hydrogen-bond donors (Lipinski definition) is 2. The second-order valence-corrected chi connectivity index (χ2v) is 7.50. The van der Waals surface area contributed by atoms with Crippen LogP contribution < -0.4 is 10.0 Å². The maximum absolute atomic E-state index is 11.7. The van der Waals surface area contributed by atoms with E-state index in [4.69, 9.17) is 0 Å². The predicted molar refractivity (Wildman–Crippen MR) is 97.8 cm³/mol. The summed E-state index contributed by atoms with van der Waals surface area (Å²) in [7, 11) is -2.00. The van der Waals surface area contributed by atoms with Crippen molar-refractivity contribution in [3.63, 3.8) is 0 Å². The zero-order valence-corrected chi connectivity index (χ0v) is 14.7. The first-order chi connectivity index (χ1) is 12.1. The minimum Gasteiger partial charge on any atom is -0.381 e. The van der Waals surface area contributed by atoms with E-state index in [-0.39, 0.29) is 4.90 Å². The van der Waals surface area contributed by atoms with Crippen LogP contribution in [0.25, 0.3) is 0 Å². The van der Waals surface area contributed by atoms with E-state index in [1.54, 1.807) is 24.3 Å². The number of nitrogens with one attached hydrogen (secondary N) is 2. The van der Waals surface area contributed by atoms with Gasteiger partial charge in [-0.05, 0) is 36.9 Å². The number of rotatable bonds is 7. The molecule has 3 aromatic rings. The van der Waals surface area contributed by atoms with E-state index in [0.717, 1.165) is 17.8 Å². The van der Waals surface area contributed by atoms with Crippen molar-refractivity contribution < 1.29 is 8.42 Å². The smallest absolute Gasteiger partial charge is 0.240 e. The summed E-state index contributed by atoms with van der Waals surface area (Å²) < 4.78 is 27.6. The summed E-state index contributed by atoms with van der Waals surface area (Å²) in [5.74, 6) is 0. The minimum absolute atomic E-state index is 0.247. The van der Waals surface area contributed by atoms with Crippen molar-refractivity contribution >= 4 is 15.7 Å². The molecule has 0 spiro atoms. The van der Waals surface area contributed by atoms with Crippen LogP contribution in [0.4, 0.5) is 5.69 Å². The second-order valence-electron chi connectivity index (χ2n) is 5.62. The van der Waals surface area contributed by atoms with Gasteiger partial charge in [0.15, 0.2) is 0 Å². The van der Waals surface area contributed by atoms with Gasteiger partial charge in [-0.2, -0.15) is 5.10 Å². The quantitative estimate of drug-likeness (QED) is 0.682. The summed E-state index contributed by atoms with van der Waals surface area (Å²) in [4.78, 5) is 0.247. The topological polar surface area (TPSA) is 76.0 Å². The molecule has 7 heteroatoms. The van der Waals surface area contributed by atoms with Crippen molar-refractivity contribution in [2.24, 2.45) is 0 Å². The highest BCUT2D eigenvalue weighted by Gasteiger charge is 2.10. The molecule has 130 valence electrons. The molecule has 2 aromatic carbocycles. The molecular formula is C18H20N4O2S. The van der Waals surface area contributed by atoms with Gasteiger partial charge in [0.05, 0.1) is 17.6 Å². The lowest BCUT2D eigenvalue weighted by Crippen LogP contribution is -2.18. The normalized spacial score (nSPS) is 11.4. The molecule has 0 aliphatic heterocycles. The summed E-state index contributed by atoms with van der Waals surface area (Å²) in [5, 5.41) is 7.64. The molecule has 0 radical (unpaired) electrons. The number of aromatic nitrogens is 2. The molecule has 0 unspecified atom stereocenters. The monoisotopic (exact) mass is 356 g/mol. The molecule has 2 N–H and O–H groups in total. The van der Waals surface area contributed by atoms with Crippen LogP contribution in [-0.4, -0.2) is 25.2 Å². The van der Waals surface area contributed by atoms with Crippen LogP contribution >= 0.6 is 0 Å². The van der Waals surface area contributed by atoms with E-state index in [1.807, 2.05) is 35.3 Å². The first-order valence-corrected chi connectivity index (χ1v) is 9.38. The van der Waals surface area contributed by atoms with Gasteiger partial charge in [0.2, 0.25) is 10.0 Å². The molecule has 0 aliphatic carbocycles. The fraction of sp³-hybridized carbons (Fsp3) is 0.167. The third-order valence-corrected chi connectivity index (χ3v) is 5.23. The fourth-order valence-electron chi connectivity index (χ4n) is 2.43. The van der Waals surface area contributed by atoms with Gasteiger partial charge in [-0.25, -0.2) is 13.1 Å². The van der Waals surface area contributed by atoms with Gasteiger partial charge in [-0.1, -0.05) is 30.3 Å². The maximum Gasteiger partial charge on any atom is 0.240 e. The summed E-state index contributed by atoms with van der Waals surface area (Å²) in [6, 6.07) is 16.8. The van der Waals surface area contributed by atoms with E-state index < -0.39 is 10.0 Å². The van der Waals surface area contributed by atoms with E-state index in [1.165, 1.54) is 12.6 Å². The molecule has 0 amide bonds. The first kappa shape index (κ1) is 17.2. The average Bonchev–Trinajstić information content (AvgIpc) is 3.08. The highest BCUT2D eigenvalue weighted by Crippen LogP contribution is 2.14. The Labute approximate surface area is 147 Å². The minimum atomic E-state index is -3.40. The van der Waals surface area contributed by atoms with Crippen LogP contribution in [0.5, 0.6) is 0 Å². The fourth-order valence-corrected chi connectivity index (χ4v) is 3.16. The maximum atomic E-state index is 11.7. The van der Waals surface area contributed by atoms with E-state index in [2.05, 4.69) is 27.3 Å². The summed E-state index contributed by atoms with van der Waals surface area (Å²) in [6.45, 7) is 1.35. The highest BCUT2D eigenvalue weighted by molar-refractivity contribution is 7.89. The van der Waals surface area contributed by atoms with Crippen molar-refractivity contribution in [1.29, 1.82) is 0 Å². The first-order valence-electron chi connectivity index (χ1n) is 7.89. The molecule has 0 atom stereocenters. The van der Waals surface area contributed by atoms with Gasteiger partial charge in [-0.3, -0.25) is 4.68 Å². The predicted octanol–water partition coefficient (Wildman–Crippen LogP) is 2.45. The third kappa shape index (κ3) is 4.46. The van der Waals surface area contributed by atoms with Gasteiger partial charge < -0.3 is 5.32 Å². The second kappa shape index (κ2) is 7.50. The Morgan fingerprint density at radius 2 is 1.72 bits per heavy atom. The van der Waals surface area contributed by atoms with Crippen molar-refractivity contribution in [2.75, 3.05) is 12.4 Å². The third-order valence-electron chi connectivity index (χ3n) is 3.80. The molecule has 1 aromatic heterocycles. The number of anilines is 1. The van der Waals surface area contributed by atoms with Crippen LogP contribution in [0.2, 0.25) is 0 Å². The Morgan fingerprint density at radius 3 is 2.40 bits per heavy atom. The molecule has 1 heterocycles. The number of benzene rings is 2. The SMILES string of the molecule is CNS(=O)(=O)c1ccc(NCc2cnn(Cc3ccccc3)c2)cc1. The van der Waals surface area contributed by atoms with Crippen molar-refractivity contribution in [3.05, 3.63) is 78.1 Å². The van der Waals surface area contributed by atoms with E-state index in [9.17, 15) is 8.42 Å². The van der Waals surface area contributed by atoms with Gasteiger partial charge in [0.25, 0.3) is 0 Å². The molecule has 0 aliphatic rings. The van der Waals surface area contributed by atoms with Crippen molar-refractivity contribution in [2.45, 2.75) is 18.0 Å². The van der Waals surface area contributed by atoms with Crippen LogP contribution in [0.1, 0.15) is 11.1 Å². The zero-order valence-electron chi connectivity index (χ0n) is 13.9. The molecule has 0 saturated carbocycles. The van der Waals surface area contributed by atoms with Crippen LogP contribution in [-0.2, 0) is 23.1 Å². The van der Waals surface area contributed by atoms with Crippen molar-refractivity contribution in [3.8, 4) is 0 Å². The van der Waals surface area contributed by atoms with Crippen LogP contribution in [0, 0.1) is 0 Å². The largest absolute Gasteiger partial charge is 0.381 e. The Balaban J connectivity index is 1.59. The average molecular weight is 356 g/mol. The van der Waals surface area contributed by atoms with Gasteiger partial charge >= 0.3 is 0 Å². The van der Waals surface area contributed by atoms with Gasteiger partial charge in [0.1, 0.15) is 0 Å². The van der Waals surface area contributed by atoms with Crippen LogP contribution in [0.3, 0.4) is 0 Å². The summed E-state index contributed by atoms with van der Waals surface area (Å²) in [6.07, 6.45) is 3.83. The standard InChI is InChI=1S/C18H20N4O2S/c1-19-25(23,24)18-9-7-17(8-10-18)20-11-16-12-21-22(14-16)13-15-5-3-2-4-6-15/h2-10,12,14,19-20H,11,13H2,1H3. The Hall–Kier alpha value is -2.64. The lowest BCUT2D eigenvalue weighted by atomic mass is 10.2. The molecule has 0 saturated heterocycles. The molecular weight excluding hydrogens is 336 g/mol. The highest BCUT2D eigenvalue weighted by atomic mass is 32.2. The Kier molecular flexibility index (Phi) is 5.16. The summed E-state index contributed by atoms with van der Waals surface area (Å²) >= 11 is 0. The summed E-state index contributed by atoms with van der Waals surface area (Å²) in [5.41, 5.74) is 3.11. The molecule has 3 rings (SSSR count). The number of hydrogen-bond acceptors (Lipinski definition) is 4. The van der Waals surface area contributed by atoms with Gasteiger partial charge in [0, 0.05) is 24.0 Å². The molecule has 25 heavy (non-hydrogen) atoms. The lowest BCUT2D eigenvalue weighted by molar-refractivity contribution is 0.588. The van der Waals surface area contributed by atoms with Gasteiger partial charge in [-0.15, -0.1) is 0 Å². The Bertz CT molecular complexity index is 919. The Morgan fingerprint density at radius 1 is 1.00 bits per heavy atom. The van der Waals surface area contributed by atoms with Crippen LogP contribution in [0.15, 0.2) is 71.9 Å². The zero-order chi connectivity index (χ0) is 17.7. The van der Waals surface area contributed by atoms with Crippen molar-refractivity contribution in [1.82, 2.24) is 14.5 Å². The lowest BCUT2D eigenvalue weighted by Gasteiger charge is -2.07. The molecule has 0 bridgehead atoms. The number of sulfonamides is 1. The number of nitrogens with zero attached hydrogens (tertiary/aromatic N) is 2.